The van der Waals surface area contributed by atoms with Crippen molar-refractivity contribution < 1.29 is 35.7 Å². The van der Waals surface area contributed by atoms with Crippen LogP contribution in [0.2, 0.25) is 0 Å². The van der Waals surface area contributed by atoms with E-state index in [-0.39, 0.29) is 22.6 Å². The van der Waals surface area contributed by atoms with Gasteiger partial charge in [0, 0.05) is 42.1 Å². The minimum absolute atomic E-state index is 0.177. The number of hydrogen-bond acceptors (Lipinski definition) is 6. The van der Waals surface area contributed by atoms with E-state index >= 15 is 4.39 Å². The Morgan fingerprint density at radius 1 is 1.02 bits per heavy atom. The van der Waals surface area contributed by atoms with Gasteiger partial charge in [0.2, 0.25) is 10.0 Å². The number of halogens is 3. The highest BCUT2D eigenvalue weighted by atomic mass is 32.2. The second-order valence-corrected chi connectivity index (χ2v) is 14.6. The van der Waals surface area contributed by atoms with Crippen molar-refractivity contribution >= 4 is 60.0 Å². The number of alkyl halides is 1. The molecule has 5 heterocycles. The van der Waals surface area contributed by atoms with Gasteiger partial charge in [-0.05, 0) is 60.7 Å². The van der Waals surface area contributed by atoms with E-state index in [0.29, 0.717) is 75.1 Å². The molecule has 2 N–H and O–H groups in total. The van der Waals surface area contributed by atoms with E-state index in [1.165, 1.54) is 50.5 Å². The molecule has 1 saturated heterocycles. The van der Waals surface area contributed by atoms with Gasteiger partial charge in [0.05, 0.1) is 39.8 Å². The number of nitrogens with zero attached hydrogens (tertiary/aromatic N) is 4. The molecule has 0 atom stereocenters. The van der Waals surface area contributed by atoms with E-state index in [1.54, 1.807) is 36.4 Å². The lowest BCUT2D eigenvalue weighted by molar-refractivity contribution is -0.959. The second kappa shape index (κ2) is 11.6. The Labute approximate surface area is 283 Å². The van der Waals surface area contributed by atoms with Crippen LogP contribution in [0, 0.1) is 11.6 Å². The number of sulfonamides is 1. The molecule has 0 radical (unpaired) electrons. The lowest BCUT2D eigenvalue weighted by Crippen LogP contribution is -3.19. The van der Waals surface area contributed by atoms with Crippen LogP contribution in [0.1, 0.15) is 16.2 Å². The number of hydrogen-bond donors (Lipinski definition) is 2. The van der Waals surface area contributed by atoms with Gasteiger partial charge in [-0.3, -0.25) is 13.5 Å². The molecule has 1 amide bonds. The number of pyridine rings is 1. The average Bonchev–Trinajstić information content (AvgIpc) is 3.66. The predicted octanol–water partition coefficient (Wildman–Crippen LogP) is 4.89. The molecule has 0 saturated carbocycles. The highest BCUT2D eigenvalue weighted by Crippen LogP contribution is 2.41. The molecule has 3 aromatic carbocycles. The van der Waals surface area contributed by atoms with Gasteiger partial charge in [-0.1, -0.05) is 6.07 Å². The predicted molar refractivity (Wildman–Crippen MR) is 184 cm³/mol. The Bertz CT molecular complexity index is 2630. The maximum atomic E-state index is 15.1. The number of furan rings is 1. The normalized spacial score (nSPS) is 16.4. The van der Waals surface area contributed by atoms with Gasteiger partial charge < -0.3 is 14.6 Å². The number of likely N-dealkylation sites (tertiary alicyclic amines) is 1. The fraction of sp³-hybridized carbons (Fsp3) is 0.194. The summed E-state index contributed by atoms with van der Waals surface area (Å²) in [6.45, 7) is 1.15. The third-order valence-electron chi connectivity index (χ3n) is 9.32. The second-order valence-electron chi connectivity index (χ2n) is 12.6. The zero-order valence-corrected chi connectivity index (χ0v) is 27.9. The topological polar surface area (TPSA) is 114 Å². The first-order chi connectivity index (χ1) is 23.9. The minimum atomic E-state index is -3.80. The maximum Gasteiger partial charge on any atom is 0.255 e. The van der Waals surface area contributed by atoms with E-state index < -0.39 is 33.7 Å². The average molecular weight is 700 g/mol. The summed E-state index contributed by atoms with van der Waals surface area (Å²) < 4.78 is 77.7. The van der Waals surface area contributed by atoms with Gasteiger partial charge in [-0.15, -0.1) is 0 Å². The molecule has 0 unspecified atom stereocenters. The molecular weight excluding hydrogens is 669 g/mol. The van der Waals surface area contributed by atoms with E-state index in [9.17, 15) is 22.0 Å². The van der Waals surface area contributed by atoms with Crippen LogP contribution >= 0.6 is 0 Å². The highest BCUT2D eigenvalue weighted by Gasteiger charge is 2.33. The van der Waals surface area contributed by atoms with Crippen LogP contribution < -0.4 is 14.5 Å². The summed E-state index contributed by atoms with van der Waals surface area (Å²) in [4.78, 5) is 24.3. The fourth-order valence-corrected chi connectivity index (χ4v) is 7.21. The summed E-state index contributed by atoms with van der Waals surface area (Å²) in [5.41, 5.74) is 3.92. The zero-order valence-electron chi connectivity index (χ0n) is 27.1. The van der Waals surface area contributed by atoms with Crippen LogP contribution in [0.3, 0.4) is 0 Å². The quantitative estimate of drug-likeness (QED) is 0.245. The molecular formula is C36H30F3N6O4S+. The molecule has 0 aliphatic carbocycles. The summed E-state index contributed by atoms with van der Waals surface area (Å²) in [5.74, 6) is -0.529. The van der Waals surface area contributed by atoms with Crippen LogP contribution in [0.4, 0.5) is 18.9 Å². The van der Waals surface area contributed by atoms with Crippen molar-refractivity contribution in [2.45, 2.75) is 12.7 Å². The summed E-state index contributed by atoms with van der Waals surface area (Å²) in [5, 5.41) is 3.39. The van der Waals surface area contributed by atoms with Crippen molar-refractivity contribution in [1.82, 2.24) is 19.7 Å². The number of aromatic nitrogens is 3. The van der Waals surface area contributed by atoms with E-state index in [1.807, 2.05) is 4.40 Å². The van der Waals surface area contributed by atoms with Crippen LogP contribution in [-0.2, 0) is 16.6 Å². The van der Waals surface area contributed by atoms with Crippen molar-refractivity contribution in [2.75, 3.05) is 37.7 Å². The van der Waals surface area contributed by atoms with E-state index in [4.69, 9.17) is 14.4 Å². The maximum absolute atomic E-state index is 15.1. The van der Waals surface area contributed by atoms with Gasteiger partial charge in [-0.2, -0.15) is 0 Å². The van der Waals surface area contributed by atoms with E-state index in [0.717, 1.165) is 15.5 Å². The Morgan fingerprint density at radius 2 is 1.78 bits per heavy atom. The fourth-order valence-electron chi connectivity index (χ4n) is 6.70. The van der Waals surface area contributed by atoms with Crippen LogP contribution in [-0.4, -0.2) is 68.3 Å². The highest BCUT2D eigenvalue weighted by molar-refractivity contribution is 7.92. The molecule has 1 aliphatic rings. The van der Waals surface area contributed by atoms with E-state index in [2.05, 4.69) is 5.32 Å². The number of anilines is 1. The summed E-state index contributed by atoms with van der Waals surface area (Å²) in [6.07, 6.45) is 0.198. The zero-order chi connectivity index (χ0) is 35.1. The number of rotatable bonds is 7. The summed E-state index contributed by atoms with van der Waals surface area (Å²) >= 11 is 0. The number of carbonyl (C=O) groups excluding carboxylic acids is 1. The Balaban J connectivity index is 1.40. The first-order valence-corrected chi connectivity index (χ1v) is 17.7. The smallest absolute Gasteiger partial charge is 0.255 e. The van der Waals surface area contributed by atoms with Gasteiger partial charge in [0.15, 0.2) is 12.0 Å². The Morgan fingerprint density at radius 3 is 2.48 bits per heavy atom. The SMILES string of the molecule is CNC(=O)c1c(-c2ccc(F)cc2)oc2cc(N(C)S(C)(=O)=O)c(-c3ccc4nc(C[NH+]5CC(F)C5)n5c6cccc(F)c6cc5c4n3)cc12. The van der Waals surface area contributed by atoms with Crippen LogP contribution in [0.15, 0.2) is 77.2 Å². The van der Waals surface area contributed by atoms with Crippen molar-refractivity contribution in [3.8, 4) is 22.6 Å². The molecule has 254 valence electrons. The Hall–Kier alpha value is -5.47. The molecule has 7 aromatic rings. The lowest BCUT2D eigenvalue weighted by atomic mass is 10.0. The standard InChI is InChI=1S/C36H29F3N6O4S/c1-40-36(46)33-24-13-23(29(43(2)50(3,47)48)15-31(24)49-35(33)19-7-9-20(37)10-8-19)26-11-12-27-34(42-26)30-14-22-25(39)5-4-6-28(22)45(30)32(41-27)18-44-16-21(38)17-44/h4-15,21H,16-18H2,1-3H3,(H,40,46)/p+1. The van der Waals surface area contributed by atoms with Gasteiger partial charge in [0.1, 0.15) is 48.1 Å². The monoisotopic (exact) mass is 699 g/mol. The molecule has 4 aromatic heterocycles. The third kappa shape index (κ3) is 5.13. The lowest BCUT2D eigenvalue weighted by Gasteiger charge is -2.30. The third-order valence-corrected chi connectivity index (χ3v) is 10.5. The van der Waals surface area contributed by atoms with Gasteiger partial charge in [-0.25, -0.2) is 31.6 Å². The number of quaternary nitrogens is 1. The number of amides is 1. The van der Waals surface area contributed by atoms with Crippen molar-refractivity contribution in [2.24, 2.45) is 0 Å². The first kappa shape index (κ1) is 31.8. The number of benzene rings is 3. The summed E-state index contributed by atoms with van der Waals surface area (Å²) in [7, 11) is -0.920. The number of carbonyl (C=O) groups is 1. The van der Waals surface area contributed by atoms with Crippen LogP contribution in [0.25, 0.3) is 61.0 Å². The van der Waals surface area contributed by atoms with Crippen LogP contribution in [0.5, 0.6) is 0 Å². The molecule has 1 aliphatic heterocycles. The van der Waals surface area contributed by atoms with Crippen molar-refractivity contribution in [1.29, 1.82) is 0 Å². The molecule has 10 nitrogen and oxygen atoms in total. The number of fused-ring (bicyclic) bond motifs is 6. The molecule has 8 rings (SSSR count). The molecule has 0 bridgehead atoms. The molecule has 0 spiro atoms. The largest absolute Gasteiger partial charge is 0.455 e. The first-order valence-electron chi connectivity index (χ1n) is 15.8. The van der Waals surface area contributed by atoms with Crippen molar-refractivity contribution in [3.63, 3.8) is 0 Å². The van der Waals surface area contributed by atoms with Gasteiger partial charge in [0.25, 0.3) is 5.91 Å². The van der Waals surface area contributed by atoms with Gasteiger partial charge >= 0.3 is 0 Å². The molecule has 14 heteroatoms. The Kier molecular flexibility index (Phi) is 7.35. The molecule has 50 heavy (non-hydrogen) atoms. The molecule has 1 fully saturated rings. The summed E-state index contributed by atoms with van der Waals surface area (Å²) in [6, 6.07) is 18.6. The minimum Gasteiger partial charge on any atom is -0.455 e. The number of nitrogens with one attached hydrogen (secondary N) is 2. The van der Waals surface area contributed by atoms with Crippen molar-refractivity contribution in [3.05, 3.63) is 95.8 Å².